The van der Waals surface area contributed by atoms with Crippen LogP contribution >= 0.6 is 0 Å². The monoisotopic (exact) mass is 377 g/mol. The average Bonchev–Trinajstić information content (AvgIpc) is 3.02. The van der Waals surface area contributed by atoms with Crippen LogP contribution in [0.3, 0.4) is 0 Å². The highest BCUT2D eigenvalue weighted by molar-refractivity contribution is 7.85. The topological polar surface area (TPSA) is 85.1 Å². The number of benzene rings is 1. The molecule has 2 aromatic heterocycles. The van der Waals surface area contributed by atoms with Gasteiger partial charge in [0.1, 0.15) is 0 Å². The molecule has 9 heteroatoms. The van der Waals surface area contributed by atoms with E-state index in [2.05, 4.69) is 10.1 Å². The van der Waals surface area contributed by atoms with Crippen molar-refractivity contribution in [3.8, 4) is 5.69 Å². The summed E-state index contributed by atoms with van der Waals surface area (Å²) in [5, 5.41) is 13.3. The van der Waals surface area contributed by atoms with Gasteiger partial charge in [-0.25, -0.2) is 23.2 Å². The van der Waals surface area contributed by atoms with Crippen molar-refractivity contribution in [1.29, 1.82) is 0 Å². The van der Waals surface area contributed by atoms with Crippen LogP contribution in [-0.4, -0.2) is 41.2 Å². The van der Waals surface area contributed by atoms with Gasteiger partial charge in [0, 0.05) is 24.4 Å². The normalized spacial score (nSPS) is 17.8. The second-order valence-corrected chi connectivity index (χ2v) is 7.91. The van der Waals surface area contributed by atoms with Crippen molar-refractivity contribution in [2.45, 2.75) is 28.9 Å². The number of pyridine rings is 1. The number of carboxylic acid groups (broad SMARTS) is 1. The maximum Gasteiger partial charge on any atom is 0.335 e. The fourth-order valence-electron chi connectivity index (χ4n) is 2.90. The van der Waals surface area contributed by atoms with Crippen molar-refractivity contribution in [2.24, 2.45) is 0 Å². The Kier molecular flexibility index (Phi) is 3.83. The van der Waals surface area contributed by atoms with Gasteiger partial charge in [-0.05, 0) is 30.3 Å². The Labute approximate surface area is 148 Å². The maximum atomic E-state index is 13.0. The van der Waals surface area contributed by atoms with E-state index in [-0.39, 0.29) is 18.4 Å². The van der Waals surface area contributed by atoms with E-state index < -0.39 is 27.9 Å². The van der Waals surface area contributed by atoms with Gasteiger partial charge in [0.15, 0.2) is 5.65 Å². The average molecular weight is 377 g/mol. The van der Waals surface area contributed by atoms with Crippen molar-refractivity contribution in [3.63, 3.8) is 0 Å². The number of halogens is 2. The Morgan fingerprint density at radius 2 is 1.92 bits per heavy atom. The molecule has 1 aromatic carbocycles. The van der Waals surface area contributed by atoms with Gasteiger partial charge >= 0.3 is 5.97 Å². The van der Waals surface area contributed by atoms with Gasteiger partial charge in [-0.1, -0.05) is 0 Å². The Bertz CT molecular complexity index is 1030. The molecular formula is C17H13F2N3O3S. The first-order chi connectivity index (χ1) is 12.3. The van der Waals surface area contributed by atoms with E-state index in [4.69, 9.17) is 5.11 Å². The van der Waals surface area contributed by atoms with E-state index in [1.807, 2.05) is 0 Å². The van der Waals surface area contributed by atoms with Gasteiger partial charge in [-0.3, -0.25) is 4.21 Å². The van der Waals surface area contributed by atoms with Crippen LogP contribution in [0.25, 0.3) is 16.7 Å². The number of rotatable bonds is 4. The third-order valence-corrected chi connectivity index (χ3v) is 5.96. The zero-order valence-electron chi connectivity index (χ0n) is 13.3. The predicted octanol–water partition coefficient (Wildman–Crippen LogP) is 3.02. The van der Waals surface area contributed by atoms with E-state index in [1.54, 1.807) is 24.4 Å². The SMILES string of the molecule is O=C(O)c1ccc(-n2ncc3cc(S(=O)C4CC(F)(F)C4)cnc32)cc1. The number of fused-ring (bicyclic) bond motifs is 1. The largest absolute Gasteiger partial charge is 0.478 e. The number of alkyl halides is 2. The third kappa shape index (κ3) is 2.88. The molecule has 0 bridgehead atoms. The molecule has 26 heavy (non-hydrogen) atoms. The van der Waals surface area contributed by atoms with Crippen LogP contribution in [0, 0.1) is 0 Å². The molecule has 1 fully saturated rings. The molecular weight excluding hydrogens is 364 g/mol. The first kappa shape index (κ1) is 16.8. The van der Waals surface area contributed by atoms with Crippen LogP contribution in [0.2, 0.25) is 0 Å². The van der Waals surface area contributed by atoms with E-state index in [9.17, 15) is 17.8 Å². The second-order valence-electron chi connectivity index (χ2n) is 6.18. The van der Waals surface area contributed by atoms with Gasteiger partial charge in [0.2, 0.25) is 0 Å². The Morgan fingerprint density at radius 3 is 2.54 bits per heavy atom. The fourth-order valence-corrected chi connectivity index (χ4v) is 4.47. The molecule has 1 unspecified atom stereocenters. The van der Waals surface area contributed by atoms with Crippen LogP contribution < -0.4 is 0 Å². The minimum absolute atomic E-state index is 0.160. The van der Waals surface area contributed by atoms with Crippen LogP contribution in [0.1, 0.15) is 23.2 Å². The molecule has 6 nitrogen and oxygen atoms in total. The lowest BCUT2D eigenvalue weighted by molar-refractivity contribution is -0.0676. The first-order valence-corrected chi connectivity index (χ1v) is 9.01. The van der Waals surface area contributed by atoms with Crippen molar-refractivity contribution in [2.75, 3.05) is 0 Å². The summed E-state index contributed by atoms with van der Waals surface area (Å²) in [6.45, 7) is 0. The number of hydrogen-bond donors (Lipinski definition) is 1. The summed E-state index contributed by atoms with van der Waals surface area (Å²) < 4.78 is 39.9. The lowest BCUT2D eigenvalue weighted by Crippen LogP contribution is -2.42. The van der Waals surface area contributed by atoms with E-state index >= 15 is 0 Å². The molecule has 1 aliphatic carbocycles. The summed E-state index contributed by atoms with van der Waals surface area (Å²) in [6, 6.07) is 7.79. The maximum absolute atomic E-state index is 13.0. The molecule has 134 valence electrons. The Balaban J connectivity index is 1.63. The van der Waals surface area contributed by atoms with Crippen LogP contribution in [-0.2, 0) is 10.8 Å². The fraction of sp³-hybridized carbons (Fsp3) is 0.235. The van der Waals surface area contributed by atoms with E-state index in [0.717, 1.165) is 0 Å². The van der Waals surface area contributed by atoms with Crippen molar-refractivity contribution >= 4 is 27.8 Å². The molecule has 1 saturated carbocycles. The summed E-state index contributed by atoms with van der Waals surface area (Å²) in [5.41, 5.74) is 1.30. The molecule has 0 radical (unpaired) electrons. The smallest absolute Gasteiger partial charge is 0.335 e. The zero-order chi connectivity index (χ0) is 18.5. The molecule has 3 aromatic rings. The summed E-state index contributed by atoms with van der Waals surface area (Å²) in [5.74, 6) is -3.74. The van der Waals surface area contributed by atoms with Crippen LogP contribution in [0.4, 0.5) is 8.78 Å². The molecule has 1 atom stereocenters. The van der Waals surface area contributed by atoms with E-state index in [1.165, 1.54) is 23.0 Å². The minimum Gasteiger partial charge on any atom is -0.478 e. The Morgan fingerprint density at radius 1 is 1.23 bits per heavy atom. The van der Waals surface area contributed by atoms with Gasteiger partial charge in [-0.15, -0.1) is 0 Å². The minimum atomic E-state index is -2.72. The highest BCUT2D eigenvalue weighted by Gasteiger charge is 2.48. The summed E-state index contributed by atoms with van der Waals surface area (Å²) in [7, 11) is -1.53. The first-order valence-electron chi connectivity index (χ1n) is 7.80. The second kappa shape index (κ2) is 5.94. The van der Waals surface area contributed by atoms with Crippen molar-refractivity contribution < 1.29 is 22.9 Å². The summed E-state index contributed by atoms with van der Waals surface area (Å²) >= 11 is 0. The quantitative estimate of drug-likeness (QED) is 0.755. The predicted molar refractivity (Wildman–Crippen MR) is 90.2 cm³/mol. The van der Waals surface area contributed by atoms with Gasteiger partial charge < -0.3 is 5.11 Å². The number of aromatic nitrogens is 3. The molecule has 1 N–H and O–H groups in total. The molecule has 1 aliphatic rings. The molecule has 0 saturated heterocycles. The number of nitrogens with zero attached hydrogens (tertiary/aromatic N) is 3. The summed E-state index contributed by atoms with van der Waals surface area (Å²) in [4.78, 5) is 15.6. The third-order valence-electron chi connectivity index (χ3n) is 4.33. The van der Waals surface area contributed by atoms with Crippen LogP contribution in [0.15, 0.2) is 47.6 Å². The molecule has 2 heterocycles. The van der Waals surface area contributed by atoms with Gasteiger partial charge in [-0.2, -0.15) is 5.10 Å². The lowest BCUT2D eigenvalue weighted by atomic mass is 9.94. The van der Waals surface area contributed by atoms with E-state index in [0.29, 0.717) is 21.6 Å². The van der Waals surface area contributed by atoms with Crippen molar-refractivity contribution in [1.82, 2.24) is 14.8 Å². The molecule has 0 aliphatic heterocycles. The van der Waals surface area contributed by atoms with Gasteiger partial charge in [0.25, 0.3) is 5.92 Å². The molecule has 0 amide bonds. The lowest BCUT2D eigenvalue weighted by Gasteiger charge is -2.33. The molecule has 0 spiro atoms. The number of carboxylic acids is 1. The van der Waals surface area contributed by atoms with Gasteiger partial charge in [0.05, 0.1) is 38.4 Å². The number of hydrogen-bond acceptors (Lipinski definition) is 4. The Hall–Kier alpha value is -2.68. The highest BCUT2D eigenvalue weighted by Crippen LogP contribution is 2.42. The number of aromatic carboxylic acids is 1. The van der Waals surface area contributed by atoms with Crippen molar-refractivity contribution in [3.05, 3.63) is 48.3 Å². The zero-order valence-corrected chi connectivity index (χ0v) is 14.1. The standard InChI is InChI=1S/C17H13F2N3O3S/c18-17(19)6-14(7-17)26(25)13-5-11-8-21-22(15(11)20-9-13)12-3-1-10(2-4-12)16(23)24/h1-5,8-9,14H,6-7H2,(H,23,24). The highest BCUT2D eigenvalue weighted by atomic mass is 32.2. The summed E-state index contributed by atoms with van der Waals surface area (Å²) in [6.07, 6.45) is 2.22. The number of carbonyl (C=O) groups is 1. The molecule has 4 rings (SSSR count). The van der Waals surface area contributed by atoms with Crippen LogP contribution in [0.5, 0.6) is 0 Å².